The van der Waals surface area contributed by atoms with Crippen LogP contribution in [0.3, 0.4) is 0 Å². The highest BCUT2D eigenvalue weighted by molar-refractivity contribution is 4.98. The van der Waals surface area contributed by atoms with Crippen molar-refractivity contribution in [3.05, 3.63) is 30.2 Å². The molecule has 0 amide bonds. The molecule has 0 rings (SSSR count). The highest BCUT2D eigenvalue weighted by Gasteiger charge is 2.21. The van der Waals surface area contributed by atoms with Crippen LogP contribution in [0.15, 0.2) is 30.2 Å². The van der Waals surface area contributed by atoms with Crippen LogP contribution in [-0.2, 0) is 0 Å². The number of rotatable bonds is 14. The van der Waals surface area contributed by atoms with E-state index in [-0.39, 0.29) is 0 Å². The molecule has 0 aliphatic rings. The Morgan fingerprint density at radius 3 is 2.23 bits per heavy atom. The van der Waals surface area contributed by atoms with Crippen LogP contribution in [-0.4, -0.2) is 7.05 Å². The fourth-order valence-electron chi connectivity index (χ4n) is 3.19. The van der Waals surface area contributed by atoms with Gasteiger partial charge in [-0.25, -0.2) is 0 Å². The van der Waals surface area contributed by atoms with Gasteiger partial charge in [-0.15, -0.1) is 5.73 Å². The molecule has 0 bridgehead atoms. The SMILES string of the molecule is C=C=C(CC(CC/C=C/CCC)C(CCC)CCCC)NC. The van der Waals surface area contributed by atoms with Gasteiger partial charge in [-0.05, 0) is 37.5 Å². The molecule has 128 valence electrons. The van der Waals surface area contributed by atoms with E-state index in [1.807, 2.05) is 7.05 Å². The van der Waals surface area contributed by atoms with Crippen LogP contribution in [0.25, 0.3) is 0 Å². The molecule has 1 nitrogen and oxygen atoms in total. The molecule has 0 spiro atoms. The predicted octanol–water partition coefficient (Wildman–Crippen LogP) is 6.62. The molecule has 0 aliphatic heterocycles. The minimum atomic E-state index is 0.759. The van der Waals surface area contributed by atoms with Gasteiger partial charge in [0.15, 0.2) is 0 Å². The van der Waals surface area contributed by atoms with Gasteiger partial charge in [-0.2, -0.15) is 0 Å². The molecule has 0 aromatic carbocycles. The highest BCUT2D eigenvalue weighted by atomic mass is 14.8. The lowest BCUT2D eigenvalue weighted by atomic mass is 9.79. The fourth-order valence-corrected chi connectivity index (χ4v) is 3.19. The third-order valence-corrected chi connectivity index (χ3v) is 4.56. The van der Waals surface area contributed by atoms with Crippen molar-refractivity contribution in [2.45, 2.75) is 85.0 Å². The van der Waals surface area contributed by atoms with Crippen LogP contribution in [0.5, 0.6) is 0 Å². The number of hydrogen-bond donors (Lipinski definition) is 1. The third kappa shape index (κ3) is 9.90. The summed E-state index contributed by atoms with van der Waals surface area (Å²) in [5.41, 5.74) is 4.26. The first-order valence-electron chi connectivity index (χ1n) is 9.44. The van der Waals surface area contributed by atoms with E-state index in [0.717, 1.165) is 18.3 Å². The zero-order valence-corrected chi connectivity index (χ0v) is 15.6. The quantitative estimate of drug-likeness (QED) is 0.281. The second-order valence-corrected chi connectivity index (χ2v) is 6.40. The van der Waals surface area contributed by atoms with Gasteiger partial charge >= 0.3 is 0 Å². The largest absolute Gasteiger partial charge is 0.385 e. The van der Waals surface area contributed by atoms with Crippen LogP contribution in [0, 0.1) is 11.8 Å². The first kappa shape index (κ1) is 21.1. The first-order chi connectivity index (χ1) is 10.7. The van der Waals surface area contributed by atoms with E-state index < -0.39 is 0 Å². The zero-order chi connectivity index (χ0) is 16.6. The summed E-state index contributed by atoms with van der Waals surface area (Å²) in [6, 6.07) is 0. The average Bonchev–Trinajstić information content (AvgIpc) is 2.54. The van der Waals surface area contributed by atoms with Crippen molar-refractivity contribution < 1.29 is 0 Å². The monoisotopic (exact) mass is 305 g/mol. The van der Waals surface area contributed by atoms with E-state index in [1.165, 1.54) is 63.5 Å². The van der Waals surface area contributed by atoms with Crippen molar-refractivity contribution in [1.82, 2.24) is 5.32 Å². The lowest BCUT2D eigenvalue weighted by Crippen LogP contribution is -2.19. The number of unbranched alkanes of at least 4 members (excludes halogenated alkanes) is 2. The molecule has 0 aliphatic carbocycles. The maximum Gasteiger partial charge on any atom is 0.0532 e. The molecule has 0 aromatic heterocycles. The molecule has 0 saturated heterocycles. The van der Waals surface area contributed by atoms with E-state index in [0.29, 0.717) is 0 Å². The van der Waals surface area contributed by atoms with Gasteiger partial charge in [-0.3, -0.25) is 0 Å². The van der Waals surface area contributed by atoms with Crippen molar-refractivity contribution >= 4 is 0 Å². The minimum Gasteiger partial charge on any atom is -0.385 e. The lowest BCUT2D eigenvalue weighted by molar-refractivity contribution is 0.266. The van der Waals surface area contributed by atoms with Crippen LogP contribution in [0.1, 0.15) is 85.0 Å². The summed E-state index contributed by atoms with van der Waals surface area (Å²) in [4.78, 5) is 0. The average molecular weight is 306 g/mol. The maximum absolute atomic E-state index is 3.83. The van der Waals surface area contributed by atoms with E-state index in [9.17, 15) is 0 Å². The predicted molar refractivity (Wildman–Crippen MR) is 101 cm³/mol. The zero-order valence-electron chi connectivity index (χ0n) is 15.6. The summed E-state index contributed by atoms with van der Waals surface area (Å²) < 4.78 is 0. The molecule has 0 heterocycles. The molecule has 22 heavy (non-hydrogen) atoms. The fraction of sp³-hybridized carbons (Fsp3) is 0.762. The van der Waals surface area contributed by atoms with Crippen molar-refractivity contribution in [2.75, 3.05) is 7.05 Å². The van der Waals surface area contributed by atoms with E-state index >= 15 is 0 Å². The van der Waals surface area contributed by atoms with Crippen LogP contribution < -0.4 is 5.32 Å². The topological polar surface area (TPSA) is 12.0 Å². The third-order valence-electron chi connectivity index (χ3n) is 4.56. The van der Waals surface area contributed by atoms with E-state index in [2.05, 4.69) is 50.6 Å². The Morgan fingerprint density at radius 1 is 0.955 bits per heavy atom. The Kier molecular flexibility index (Phi) is 14.3. The second-order valence-electron chi connectivity index (χ2n) is 6.40. The molecule has 1 N–H and O–H groups in total. The summed E-state index contributed by atoms with van der Waals surface area (Å²) in [5, 5.41) is 3.27. The van der Waals surface area contributed by atoms with Gasteiger partial charge in [0.1, 0.15) is 0 Å². The van der Waals surface area contributed by atoms with Crippen molar-refractivity contribution in [3.63, 3.8) is 0 Å². The minimum absolute atomic E-state index is 0.759. The van der Waals surface area contributed by atoms with E-state index in [4.69, 9.17) is 0 Å². The lowest BCUT2D eigenvalue weighted by Gasteiger charge is -2.27. The summed E-state index contributed by atoms with van der Waals surface area (Å²) in [5.74, 6) is 1.61. The molecule has 0 saturated carbocycles. The van der Waals surface area contributed by atoms with Gasteiger partial charge in [0.2, 0.25) is 0 Å². The van der Waals surface area contributed by atoms with Gasteiger partial charge < -0.3 is 5.32 Å². The molecule has 1 heteroatoms. The summed E-state index contributed by atoms with van der Waals surface area (Å²) in [6.07, 6.45) is 17.5. The summed E-state index contributed by atoms with van der Waals surface area (Å²) in [6.45, 7) is 10.7. The Morgan fingerprint density at radius 2 is 1.68 bits per heavy atom. The molecule has 0 radical (unpaired) electrons. The standard InChI is InChI=1S/C21H39N/c1-6-10-12-13-14-17-20(18-21(9-4)22-5)19(15-8-3)16-11-7-2/h12-13,19-20,22H,4,6-8,10-11,14-18H2,1-3,5H3/b13-12+. The normalized spacial score (nSPS) is 13.8. The number of nitrogens with one attached hydrogen (secondary N) is 1. The van der Waals surface area contributed by atoms with Gasteiger partial charge in [-0.1, -0.05) is 78.0 Å². The highest BCUT2D eigenvalue weighted by Crippen LogP contribution is 2.31. The van der Waals surface area contributed by atoms with Crippen LogP contribution in [0.2, 0.25) is 0 Å². The van der Waals surface area contributed by atoms with Crippen molar-refractivity contribution in [2.24, 2.45) is 11.8 Å². The maximum atomic E-state index is 3.83. The van der Waals surface area contributed by atoms with Crippen LogP contribution >= 0.6 is 0 Å². The molecule has 0 aromatic rings. The van der Waals surface area contributed by atoms with Crippen LogP contribution in [0.4, 0.5) is 0 Å². The number of hydrogen-bond acceptors (Lipinski definition) is 1. The smallest absolute Gasteiger partial charge is 0.0532 e. The van der Waals surface area contributed by atoms with Gasteiger partial charge in [0.25, 0.3) is 0 Å². The Balaban J connectivity index is 4.73. The second kappa shape index (κ2) is 15.0. The van der Waals surface area contributed by atoms with Crippen molar-refractivity contribution in [3.8, 4) is 0 Å². The first-order valence-corrected chi connectivity index (χ1v) is 9.44. The number of allylic oxidation sites excluding steroid dienone is 3. The molecule has 2 atom stereocenters. The molecular formula is C21H39N. The molecule has 2 unspecified atom stereocenters. The Labute approximate surface area is 140 Å². The molecular weight excluding hydrogens is 266 g/mol. The van der Waals surface area contributed by atoms with E-state index in [1.54, 1.807) is 0 Å². The van der Waals surface area contributed by atoms with Gasteiger partial charge in [0.05, 0.1) is 5.70 Å². The Bertz CT molecular complexity index is 323. The summed E-state index contributed by atoms with van der Waals surface area (Å²) in [7, 11) is 1.99. The molecule has 0 fully saturated rings. The van der Waals surface area contributed by atoms with Crippen molar-refractivity contribution in [1.29, 1.82) is 0 Å². The van der Waals surface area contributed by atoms with Gasteiger partial charge in [0, 0.05) is 7.05 Å². The Hall–Kier alpha value is -0.940. The summed E-state index contributed by atoms with van der Waals surface area (Å²) >= 11 is 0.